The van der Waals surface area contributed by atoms with E-state index in [0.717, 1.165) is 6.42 Å². The maximum atomic E-state index is 12.1. The molecule has 108 valence electrons. The second-order valence-electron chi connectivity index (χ2n) is 4.85. The third-order valence-corrected chi connectivity index (χ3v) is 5.79. The molecule has 0 unspecified atom stereocenters. The number of hydrogen-bond donors (Lipinski definition) is 2. The second-order valence-corrected chi connectivity index (χ2v) is 7.30. The number of nitrogens with one attached hydrogen (secondary N) is 1. The summed E-state index contributed by atoms with van der Waals surface area (Å²) in [4.78, 5) is 0.0444. The molecular formula is C12H18BrNO4S. The van der Waals surface area contributed by atoms with Crippen LogP contribution in [0.3, 0.4) is 0 Å². The van der Waals surface area contributed by atoms with Crippen molar-refractivity contribution in [3.05, 3.63) is 16.5 Å². The number of rotatable bonds is 6. The summed E-state index contributed by atoms with van der Waals surface area (Å²) < 4.78 is 31.9. The molecule has 2 N–H and O–H groups in total. The zero-order valence-corrected chi connectivity index (χ0v) is 13.0. The Kier molecular flexibility index (Phi) is 5.05. The number of hydrogen-bond acceptors (Lipinski definition) is 4. The first kappa shape index (κ1) is 15.0. The highest BCUT2D eigenvalue weighted by atomic mass is 79.9. The Balaban J connectivity index is 1.95. The molecule has 0 atom stereocenters. The fraction of sp³-hybridized carbons (Fsp3) is 0.667. The van der Waals surface area contributed by atoms with Gasteiger partial charge in [-0.15, -0.1) is 0 Å². The van der Waals surface area contributed by atoms with Crippen molar-refractivity contribution < 1.29 is 17.9 Å². The largest absolute Gasteiger partial charge is 0.450 e. The van der Waals surface area contributed by atoms with Crippen LogP contribution in [0.1, 0.15) is 37.9 Å². The smallest absolute Gasteiger partial charge is 0.244 e. The van der Waals surface area contributed by atoms with Crippen LogP contribution in [0, 0.1) is 5.92 Å². The number of aliphatic hydroxyl groups is 1. The molecule has 0 aromatic carbocycles. The van der Waals surface area contributed by atoms with Gasteiger partial charge < -0.3 is 9.52 Å². The van der Waals surface area contributed by atoms with Crippen molar-refractivity contribution in [2.75, 3.05) is 6.54 Å². The van der Waals surface area contributed by atoms with Crippen molar-refractivity contribution in [3.63, 3.8) is 0 Å². The summed E-state index contributed by atoms with van der Waals surface area (Å²) in [5.74, 6) is 0.867. The average molecular weight is 352 g/mol. The lowest BCUT2D eigenvalue weighted by Crippen LogP contribution is -2.25. The topological polar surface area (TPSA) is 79.5 Å². The van der Waals surface area contributed by atoms with E-state index in [-0.39, 0.29) is 21.9 Å². The molecule has 1 aromatic rings. The first-order chi connectivity index (χ1) is 9.03. The molecule has 2 rings (SSSR count). The molecule has 0 radical (unpaired) electrons. The van der Waals surface area contributed by atoms with Gasteiger partial charge in [-0.25, -0.2) is 13.1 Å². The Labute approximate surface area is 121 Å². The number of halogens is 1. The molecule has 7 heteroatoms. The summed E-state index contributed by atoms with van der Waals surface area (Å²) in [6.07, 6.45) is 5.79. The first-order valence-electron chi connectivity index (χ1n) is 6.41. The predicted octanol–water partition coefficient (Wildman–Crippen LogP) is 2.39. The van der Waals surface area contributed by atoms with Crippen LogP contribution in [0.4, 0.5) is 0 Å². The van der Waals surface area contributed by atoms with Crippen LogP contribution in [0.5, 0.6) is 0 Å². The van der Waals surface area contributed by atoms with E-state index in [9.17, 15) is 8.42 Å². The van der Waals surface area contributed by atoms with Crippen LogP contribution in [-0.2, 0) is 16.6 Å². The summed E-state index contributed by atoms with van der Waals surface area (Å²) in [5.41, 5.74) is 0. The monoisotopic (exact) mass is 351 g/mol. The molecule has 1 aliphatic carbocycles. The molecule has 0 amide bonds. The van der Waals surface area contributed by atoms with Crippen LogP contribution in [0.2, 0.25) is 0 Å². The minimum atomic E-state index is -3.57. The van der Waals surface area contributed by atoms with Crippen molar-refractivity contribution >= 4 is 26.0 Å². The van der Waals surface area contributed by atoms with Crippen molar-refractivity contribution in [2.24, 2.45) is 5.92 Å². The maximum absolute atomic E-state index is 12.1. The van der Waals surface area contributed by atoms with Gasteiger partial charge in [-0.1, -0.05) is 25.7 Å². The molecule has 5 nitrogen and oxygen atoms in total. The Morgan fingerprint density at radius 1 is 1.42 bits per heavy atom. The van der Waals surface area contributed by atoms with E-state index in [4.69, 9.17) is 9.52 Å². The summed E-state index contributed by atoms with van der Waals surface area (Å²) in [5, 5.41) is 8.93. The standard InChI is InChI=1S/C12H18BrNO4S/c13-12-11(7-10(8-15)18-12)19(16,17)14-6-5-9-3-1-2-4-9/h7,9,14-15H,1-6,8H2. The fourth-order valence-corrected chi connectivity index (χ4v) is 4.48. The summed E-state index contributed by atoms with van der Waals surface area (Å²) in [6.45, 7) is 0.120. The third-order valence-electron chi connectivity index (χ3n) is 3.47. The van der Waals surface area contributed by atoms with Crippen LogP contribution in [0.25, 0.3) is 0 Å². The lowest BCUT2D eigenvalue weighted by atomic mass is 10.1. The highest BCUT2D eigenvalue weighted by Crippen LogP contribution is 2.28. The molecule has 0 saturated heterocycles. The normalized spacial score (nSPS) is 17.2. The molecule has 1 aliphatic rings. The Hall–Kier alpha value is -0.370. The first-order valence-corrected chi connectivity index (χ1v) is 8.69. The summed E-state index contributed by atoms with van der Waals surface area (Å²) in [7, 11) is -3.57. The van der Waals surface area contributed by atoms with Crippen molar-refractivity contribution in [3.8, 4) is 0 Å². The van der Waals surface area contributed by atoms with E-state index in [0.29, 0.717) is 12.5 Å². The van der Waals surface area contributed by atoms with Gasteiger partial charge in [0, 0.05) is 12.6 Å². The van der Waals surface area contributed by atoms with Gasteiger partial charge >= 0.3 is 0 Å². The van der Waals surface area contributed by atoms with Gasteiger partial charge in [-0.05, 0) is 28.3 Å². The van der Waals surface area contributed by atoms with E-state index in [2.05, 4.69) is 20.7 Å². The van der Waals surface area contributed by atoms with Gasteiger partial charge in [-0.3, -0.25) is 0 Å². The third kappa shape index (κ3) is 3.81. The average Bonchev–Trinajstić information content (AvgIpc) is 2.98. The van der Waals surface area contributed by atoms with E-state index >= 15 is 0 Å². The van der Waals surface area contributed by atoms with E-state index < -0.39 is 10.0 Å². The van der Waals surface area contributed by atoms with Gasteiger partial charge in [0.05, 0.1) is 0 Å². The van der Waals surface area contributed by atoms with E-state index in [1.165, 1.54) is 31.7 Å². The van der Waals surface area contributed by atoms with Crippen LogP contribution in [0.15, 0.2) is 20.0 Å². The Morgan fingerprint density at radius 2 is 2.11 bits per heavy atom. The fourth-order valence-electron chi connectivity index (χ4n) is 2.43. The minimum absolute atomic E-state index is 0.0444. The van der Waals surface area contributed by atoms with Crippen molar-refractivity contribution in [1.82, 2.24) is 4.72 Å². The number of aliphatic hydroxyl groups excluding tert-OH is 1. The molecular weight excluding hydrogens is 334 g/mol. The number of furan rings is 1. The molecule has 0 aliphatic heterocycles. The van der Waals surface area contributed by atoms with Crippen molar-refractivity contribution in [1.29, 1.82) is 0 Å². The van der Waals surface area contributed by atoms with Gasteiger partial charge in [0.15, 0.2) is 4.67 Å². The second kappa shape index (κ2) is 6.39. The van der Waals surface area contributed by atoms with Gasteiger partial charge in [0.2, 0.25) is 10.0 Å². The zero-order chi connectivity index (χ0) is 13.9. The molecule has 1 heterocycles. The van der Waals surface area contributed by atoms with Crippen LogP contribution in [-0.4, -0.2) is 20.1 Å². The summed E-state index contributed by atoms with van der Waals surface area (Å²) >= 11 is 3.05. The highest BCUT2D eigenvalue weighted by molar-refractivity contribution is 9.10. The quantitative estimate of drug-likeness (QED) is 0.824. The molecule has 1 fully saturated rings. The van der Waals surface area contributed by atoms with E-state index in [1.54, 1.807) is 0 Å². The van der Waals surface area contributed by atoms with Crippen LogP contribution < -0.4 is 4.72 Å². The molecule has 0 bridgehead atoms. The maximum Gasteiger partial charge on any atom is 0.244 e. The lowest BCUT2D eigenvalue weighted by molar-refractivity contribution is 0.245. The SMILES string of the molecule is O=S(=O)(NCCC1CCCC1)c1cc(CO)oc1Br. The van der Waals surface area contributed by atoms with Gasteiger partial charge in [0.25, 0.3) is 0 Å². The van der Waals surface area contributed by atoms with E-state index in [1.807, 2.05) is 0 Å². The predicted molar refractivity (Wildman–Crippen MR) is 74.1 cm³/mol. The zero-order valence-electron chi connectivity index (χ0n) is 10.6. The van der Waals surface area contributed by atoms with Crippen molar-refractivity contribution in [2.45, 2.75) is 43.6 Å². The molecule has 0 spiro atoms. The molecule has 1 saturated carbocycles. The van der Waals surface area contributed by atoms with Gasteiger partial charge in [0.1, 0.15) is 17.3 Å². The van der Waals surface area contributed by atoms with Crippen LogP contribution >= 0.6 is 15.9 Å². The Bertz CT molecular complexity index is 520. The van der Waals surface area contributed by atoms with Gasteiger partial charge in [-0.2, -0.15) is 0 Å². The lowest BCUT2D eigenvalue weighted by Gasteiger charge is -2.09. The minimum Gasteiger partial charge on any atom is -0.450 e. The molecule has 1 aromatic heterocycles. The Morgan fingerprint density at radius 3 is 2.68 bits per heavy atom. The highest BCUT2D eigenvalue weighted by Gasteiger charge is 2.23. The summed E-state index contributed by atoms with van der Waals surface area (Å²) in [6, 6.07) is 1.34. The molecule has 19 heavy (non-hydrogen) atoms. The number of sulfonamides is 1.